The van der Waals surface area contributed by atoms with Crippen LogP contribution in [0.2, 0.25) is 0 Å². The van der Waals surface area contributed by atoms with Gasteiger partial charge in [0.15, 0.2) is 18.7 Å². The second-order valence-electron chi connectivity index (χ2n) is 15.5. The molecule has 2 fully saturated rings. The number of esters is 2. The Kier molecular flexibility index (Phi) is 29.1. The number of allylic oxidation sites excluding steroid dienone is 6. The van der Waals surface area contributed by atoms with E-state index < -0.39 is 92.7 Å². The van der Waals surface area contributed by atoms with E-state index in [-0.39, 0.29) is 26.1 Å². The van der Waals surface area contributed by atoms with Crippen molar-refractivity contribution in [3.05, 3.63) is 36.5 Å². The van der Waals surface area contributed by atoms with Gasteiger partial charge in [0.05, 0.1) is 19.8 Å². The number of ether oxygens (including phenoxy) is 6. The monoisotopic (exact) mass is 845 g/mol. The van der Waals surface area contributed by atoms with E-state index in [9.17, 15) is 45.3 Å². The summed E-state index contributed by atoms with van der Waals surface area (Å²) in [5.41, 5.74) is 0. The van der Waals surface area contributed by atoms with Crippen LogP contribution in [0, 0.1) is 0 Å². The molecule has 11 unspecified atom stereocenters. The topological polar surface area (TPSA) is 231 Å². The van der Waals surface area contributed by atoms with Crippen molar-refractivity contribution in [1.29, 1.82) is 0 Å². The number of aliphatic hydroxyl groups excluding tert-OH is 7. The van der Waals surface area contributed by atoms with Crippen molar-refractivity contribution in [2.45, 2.75) is 203 Å². The van der Waals surface area contributed by atoms with Crippen LogP contribution in [0.5, 0.6) is 0 Å². The van der Waals surface area contributed by atoms with Crippen LogP contribution in [0.1, 0.15) is 136 Å². The molecule has 0 spiro atoms. The van der Waals surface area contributed by atoms with Crippen molar-refractivity contribution in [1.82, 2.24) is 0 Å². The Labute approximate surface area is 351 Å². The molecule has 15 nitrogen and oxygen atoms in total. The van der Waals surface area contributed by atoms with Gasteiger partial charge in [-0.05, 0) is 51.4 Å². The van der Waals surface area contributed by atoms with Crippen LogP contribution in [0.15, 0.2) is 36.5 Å². The van der Waals surface area contributed by atoms with Crippen LogP contribution in [-0.4, -0.2) is 142 Å². The number of carbonyl (C=O) groups is 2. The third-order valence-electron chi connectivity index (χ3n) is 10.4. The Morgan fingerprint density at radius 1 is 0.542 bits per heavy atom. The highest BCUT2D eigenvalue weighted by Crippen LogP contribution is 2.26. The quantitative estimate of drug-likeness (QED) is 0.0286. The molecule has 7 N–H and O–H groups in total. The summed E-state index contributed by atoms with van der Waals surface area (Å²) < 4.78 is 33.2. The van der Waals surface area contributed by atoms with Gasteiger partial charge in [-0.2, -0.15) is 0 Å². The molecule has 15 heteroatoms. The van der Waals surface area contributed by atoms with Crippen molar-refractivity contribution in [2.75, 3.05) is 26.4 Å². The number of unbranched alkanes of at least 4 members (excludes halogenated alkanes) is 12. The lowest BCUT2D eigenvalue weighted by Gasteiger charge is -2.42. The van der Waals surface area contributed by atoms with Crippen LogP contribution < -0.4 is 0 Å². The Morgan fingerprint density at radius 3 is 1.63 bits per heavy atom. The lowest BCUT2D eigenvalue weighted by molar-refractivity contribution is -0.332. The molecule has 0 saturated carbocycles. The second-order valence-corrected chi connectivity index (χ2v) is 15.5. The van der Waals surface area contributed by atoms with Crippen LogP contribution in [0.25, 0.3) is 0 Å². The highest BCUT2D eigenvalue weighted by Gasteiger charge is 2.47. The normalized spacial score (nSPS) is 28.2. The van der Waals surface area contributed by atoms with Gasteiger partial charge in [-0.25, -0.2) is 0 Å². The van der Waals surface area contributed by atoms with E-state index in [2.05, 4.69) is 50.3 Å². The molecule has 11 atom stereocenters. The molecule has 0 aromatic heterocycles. The van der Waals surface area contributed by atoms with E-state index in [1.807, 2.05) is 0 Å². The zero-order valence-electron chi connectivity index (χ0n) is 35.5. The molecule has 59 heavy (non-hydrogen) atoms. The minimum absolute atomic E-state index is 0.150. The smallest absolute Gasteiger partial charge is 0.306 e. The van der Waals surface area contributed by atoms with Crippen LogP contribution >= 0.6 is 0 Å². The molecule has 0 aliphatic carbocycles. The van der Waals surface area contributed by atoms with E-state index in [4.69, 9.17) is 28.4 Å². The molecule has 2 heterocycles. The molecule has 2 saturated heterocycles. The predicted molar refractivity (Wildman–Crippen MR) is 220 cm³/mol. The molecular weight excluding hydrogens is 768 g/mol. The SMILES string of the molecule is CCCCC/C=C\C/C=C\C/C=C\CCCCCCCCC(=O)OC(COC(=O)CCCCCC)COC1OC(COC2OC(CO)C(O)C(O)C2O)C(O)C(O)C1O. The van der Waals surface area contributed by atoms with E-state index in [0.29, 0.717) is 12.8 Å². The standard InChI is InChI=1S/C44H76O15/c1-3-5-7-9-10-11-12-13-14-15-16-17-18-19-20-21-22-23-25-27-36(47)57-32(29-54-35(46)26-24-8-6-4-2)30-55-43-42(53)40(51)38(49)34(59-43)31-56-44-41(52)39(50)37(48)33(28-45)58-44/h10-11,13-14,16-17,32-34,37-45,48-53H,3-9,12,15,18-31H2,1-2H3/b11-10-,14-13-,17-16-. The molecule has 0 amide bonds. The molecule has 0 aromatic rings. The highest BCUT2D eigenvalue weighted by atomic mass is 16.7. The molecular formula is C44H76O15. The Morgan fingerprint density at radius 2 is 1.02 bits per heavy atom. The molecule has 0 radical (unpaired) electrons. The molecule has 2 rings (SSSR count). The largest absolute Gasteiger partial charge is 0.462 e. The molecule has 2 aliphatic heterocycles. The minimum atomic E-state index is -1.76. The maximum absolute atomic E-state index is 12.9. The van der Waals surface area contributed by atoms with Crippen molar-refractivity contribution in [2.24, 2.45) is 0 Å². The summed E-state index contributed by atoms with van der Waals surface area (Å²) in [5.74, 6) is -0.963. The molecule has 0 bridgehead atoms. The summed E-state index contributed by atoms with van der Waals surface area (Å²) in [5, 5.41) is 71.6. The number of aliphatic hydroxyl groups is 7. The zero-order valence-corrected chi connectivity index (χ0v) is 35.5. The zero-order chi connectivity index (χ0) is 43.3. The summed E-state index contributed by atoms with van der Waals surface area (Å²) in [7, 11) is 0. The summed E-state index contributed by atoms with van der Waals surface area (Å²) >= 11 is 0. The summed E-state index contributed by atoms with van der Waals surface area (Å²) in [6.07, 6.45) is 14.1. The van der Waals surface area contributed by atoms with Crippen molar-refractivity contribution >= 4 is 11.9 Å². The van der Waals surface area contributed by atoms with Crippen LogP contribution in [0.4, 0.5) is 0 Å². The van der Waals surface area contributed by atoms with E-state index in [1.165, 1.54) is 25.7 Å². The van der Waals surface area contributed by atoms with Crippen LogP contribution in [-0.2, 0) is 38.0 Å². The van der Waals surface area contributed by atoms with E-state index in [0.717, 1.165) is 70.6 Å². The third kappa shape index (κ3) is 21.9. The maximum atomic E-state index is 12.9. The minimum Gasteiger partial charge on any atom is -0.462 e. The lowest BCUT2D eigenvalue weighted by atomic mass is 9.98. The first-order valence-corrected chi connectivity index (χ1v) is 22.1. The summed E-state index contributed by atoms with van der Waals surface area (Å²) in [6, 6.07) is 0. The predicted octanol–water partition coefficient (Wildman–Crippen LogP) is 4.20. The molecule has 0 aromatic carbocycles. The fourth-order valence-corrected chi connectivity index (χ4v) is 6.63. The average molecular weight is 845 g/mol. The van der Waals surface area contributed by atoms with Crippen molar-refractivity contribution < 1.29 is 73.8 Å². The van der Waals surface area contributed by atoms with Gasteiger partial charge >= 0.3 is 11.9 Å². The van der Waals surface area contributed by atoms with E-state index >= 15 is 0 Å². The molecule has 342 valence electrons. The average Bonchev–Trinajstić information content (AvgIpc) is 3.23. The van der Waals surface area contributed by atoms with Crippen LogP contribution in [0.3, 0.4) is 0 Å². The van der Waals surface area contributed by atoms with Gasteiger partial charge in [0.2, 0.25) is 0 Å². The van der Waals surface area contributed by atoms with Gasteiger partial charge in [0.25, 0.3) is 0 Å². The fourth-order valence-electron chi connectivity index (χ4n) is 6.63. The lowest BCUT2D eigenvalue weighted by Crippen LogP contribution is -2.61. The fraction of sp³-hybridized carbons (Fsp3) is 0.818. The number of carbonyl (C=O) groups excluding carboxylic acids is 2. The first kappa shape index (κ1) is 52.9. The van der Waals surface area contributed by atoms with Gasteiger partial charge in [-0.15, -0.1) is 0 Å². The number of hydrogen-bond acceptors (Lipinski definition) is 15. The number of hydrogen-bond donors (Lipinski definition) is 7. The maximum Gasteiger partial charge on any atom is 0.306 e. The van der Waals surface area contributed by atoms with Gasteiger partial charge in [0, 0.05) is 12.8 Å². The Hall–Kier alpha value is -2.28. The second kappa shape index (κ2) is 32.4. The van der Waals surface area contributed by atoms with Gasteiger partial charge in [-0.1, -0.05) is 108 Å². The Bertz CT molecular complexity index is 1180. The van der Waals surface area contributed by atoms with Gasteiger partial charge in [0.1, 0.15) is 55.4 Å². The summed E-state index contributed by atoms with van der Waals surface area (Å²) in [6.45, 7) is 2.38. The highest BCUT2D eigenvalue weighted by molar-refractivity contribution is 5.70. The van der Waals surface area contributed by atoms with Crippen molar-refractivity contribution in [3.63, 3.8) is 0 Å². The first-order valence-electron chi connectivity index (χ1n) is 22.1. The third-order valence-corrected chi connectivity index (χ3v) is 10.4. The number of rotatable bonds is 32. The van der Waals surface area contributed by atoms with Gasteiger partial charge in [-0.3, -0.25) is 9.59 Å². The van der Waals surface area contributed by atoms with Crippen molar-refractivity contribution in [3.8, 4) is 0 Å². The summed E-state index contributed by atoms with van der Waals surface area (Å²) in [4.78, 5) is 25.3. The first-order chi connectivity index (χ1) is 28.5. The van der Waals surface area contributed by atoms with Gasteiger partial charge < -0.3 is 64.2 Å². The van der Waals surface area contributed by atoms with E-state index in [1.54, 1.807) is 0 Å². The molecule has 2 aliphatic rings. The Balaban J connectivity index is 1.78.